The fourth-order valence-electron chi connectivity index (χ4n) is 3.59. The van der Waals surface area contributed by atoms with E-state index >= 15 is 0 Å². The van der Waals surface area contributed by atoms with Crippen molar-refractivity contribution in [2.45, 2.75) is 13.5 Å². The first-order valence-electron chi connectivity index (χ1n) is 10.0. The number of nitrogens with zero attached hydrogens (tertiary/aromatic N) is 3. The Balaban J connectivity index is 0.000000623. The molecule has 4 aromatic rings. The third-order valence-electron chi connectivity index (χ3n) is 5.16. The fourth-order valence-corrected chi connectivity index (χ4v) is 3.59. The van der Waals surface area contributed by atoms with Crippen molar-refractivity contribution >= 4 is 16.6 Å². The van der Waals surface area contributed by atoms with Crippen LogP contribution in [-0.4, -0.2) is 16.6 Å². The second kappa shape index (κ2) is 10.6. The smallest absolute Gasteiger partial charge is 0.350 e. The van der Waals surface area contributed by atoms with E-state index in [0.29, 0.717) is 17.7 Å². The predicted octanol–water partition coefficient (Wildman–Crippen LogP) is -1.20. The molecule has 0 aliphatic heterocycles. The average molecular weight is 502 g/mol. The molecule has 1 aromatic heterocycles. The number of para-hydroxylation sites is 1. The van der Waals surface area contributed by atoms with E-state index in [0.717, 1.165) is 22.6 Å². The van der Waals surface area contributed by atoms with Crippen molar-refractivity contribution in [3.8, 4) is 11.4 Å². The Morgan fingerprint density at radius 1 is 0.943 bits per heavy atom. The lowest BCUT2D eigenvalue weighted by Crippen LogP contribution is -2.68. The van der Waals surface area contributed by atoms with Gasteiger partial charge in [-0.05, 0) is 54.1 Å². The molecule has 0 saturated heterocycles. The van der Waals surface area contributed by atoms with Gasteiger partial charge in [0.05, 0.1) is 12.0 Å². The normalized spacial score (nSPS) is 11.0. The zero-order chi connectivity index (χ0) is 25.8. The van der Waals surface area contributed by atoms with E-state index in [1.807, 2.05) is 60.0 Å². The molecule has 0 radical (unpaired) electrons. The number of benzene rings is 3. The van der Waals surface area contributed by atoms with E-state index in [4.69, 9.17) is 23.4 Å². The largest absolute Gasteiger partial charge is 0.497 e. The summed E-state index contributed by atoms with van der Waals surface area (Å²) in [6.45, 7) is 2.37. The van der Waals surface area contributed by atoms with E-state index < -0.39 is 15.2 Å². The van der Waals surface area contributed by atoms with Crippen LogP contribution in [0.3, 0.4) is 0 Å². The van der Waals surface area contributed by atoms with Gasteiger partial charge in [0.15, 0.2) is 0 Å². The number of nitro groups is 1. The van der Waals surface area contributed by atoms with E-state index in [9.17, 15) is 14.9 Å². The summed E-state index contributed by atoms with van der Waals surface area (Å²) in [5, 5.41) is 11.5. The lowest BCUT2D eigenvalue weighted by molar-refractivity contribution is -2.00. The maximum absolute atomic E-state index is 13.3. The third-order valence-corrected chi connectivity index (χ3v) is 5.16. The Bertz CT molecular complexity index is 1390. The second-order valence-electron chi connectivity index (χ2n) is 7.29. The number of aromatic nitrogens is 2. The number of hydrogen-bond donors (Lipinski definition) is 0. The standard InChI is InChI=1S/C23H20N3O4.ClHO4/c1-16-24(15-17-7-9-19(10-8-17)26(28)29)22-6-4-3-5-21(22)23(27)25(16)18-11-13-20(30-2)14-12-18;2-1(3,4)5/h3-14H,15H2,1-2H3;(H,2,3,4,5)/q+1;/p-1. The summed E-state index contributed by atoms with van der Waals surface area (Å²) in [7, 11) is -3.35. The van der Waals surface area contributed by atoms with Gasteiger partial charge in [0.25, 0.3) is 11.5 Å². The summed E-state index contributed by atoms with van der Waals surface area (Å²) in [5.41, 5.74) is 2.39. The van der Waals surface area contributed by atoms with Crippen LogP contribution in [0.1, 0.15) is 11.4 Å². The first-order chi connectivity index (χ1) is 16.5. The summed E-state index contributed by atoms with van der Waals surface area (Å²) >= 11 is 0. The lowest BCUT2D eigenvalue weighted by Gasteiger charge is -2.17. The van der Waals surface area contributed by atoms with Crippen LogP contribution in [0, 0.1) is 27.3 Å². The first-order valence-corrected chi connectivity index (χ1v) is 11.3. The molecule has 1 heterocycles. The van der Waals surface area contributed by atoms with E-state index in [1.165, 1.54) is 12.1 Å². The van der Waals surface area contributed by atoms with Crippen LogP contribution in [-0.2, 0) is 6.54 Å². The van der Waals surface area contributed by atoms with Crippen molar-refractivity contribution in [1.29, 1.82) is 0 Å². The molecular formula is C23H20ClN3O8. The van der Waals surface area contributed by atoms with Crippen LogP contribution >= 0.6 is 0 Å². The van der Waals surface area contributed by atoms with Crippen molar-refractivity contribution < 1.29 is 43.1 Å². The van der Waals surface area contributed by atoms with Crippen molar-refractivity contribution in [3.05, 3.63) is 105 Å². The van der Waals surface area contributed by atoms with Gasteiger partial charge in [0.1, 0.15) is 28.9 Å². The molecule has 12 heteroatoms. The van der Waals surface area contributed by atoms with Crippen molar-refractivity contribution in [1.82, 2.24) is 4.57 Å². The number of nitro benzene ring substituents is 1. The number of hydrogen-bond acceptors (Lipinski definition) is 8. The van der Waals surface area contributed by atoms with Gasteiger partial charge in [-0.3, -0.25) is 10.1 Å². The Kier molecular flexibility index (Phi) is 7.79. The molecule has 182 valence electrons. The Hall–Kier alpha value is -3.87. The van der Waals surface area contributed by atoms with Crippen LogP contribution in [0.5, 0.6) is 5.75 Å². The molecule has 0 aliphatic rings. The van der Waals surface area contributed by atoms with Crippen LogP contribution in [0.4, 0.5) is 5.69 Å². The van der Waals surface area contributed by atoms with Crippen LogP contribution in [0.2, 0.25) is 0 Å². The highest BCUT2D eigenvalue weighted by atomic mass is 35.7. The first kappa shape index (κ1) is 25.7. The van der Waals surface area contributed by atoms with E-state index in [-0.39, 0.29) is 11.2 Å². The molecule has 11 nitrogen and oxygen atoms in total. The highest BCUT2D eigenvalue weighted by Crippen LogP contribution is 2.17. The maximum Gasteiger partial charge on any atom is 0.350 e. The number of fused-ring (bicyclic) bond motifs is 1. The topological polar surface area (TPSA) is 170 Å². The number of rotatable bonds is 5. The van der Waals surface area contributed by atoms with Gasteiger partial charge in [-0.15, -0.1) is 10.2 Å². The number of methoxy groups -OCH3 is 1. The zero-order valence-corrected chi connectivity index (χ0v) is 19.4. The molecule has 0 atom stereocenters. The molecule has 4 rings (SSSR count). The maximum atomic E-state index is 13.3. The molecule has 0 unspecified atom stereocenters. The number of ether oxygens (including phenoxy) is 1. The molecule has 3 aromatic carbocycles. The van der Waals surface area contributed by atoms with Gasteiger partial charge in [-0.1, -0.05) is 12.1 Å². The minimum atomic E-state index is -4.94. The minimum absolute atomic E-state index is 0.0496. The molecule has 0 aliphatic carbocycles. The molecule has 0 bridgehead atoms. The highest BCUT2D eigenvalue weighted by Gasteiger charge is 2.22. The molecule has 0 saturated carbocycles. The summed E-state index contributed by atoms with van der Waals surface area (Å²) in [5.74, 6) is 1.46. The molecular weight excluding hydrogens is 482 g/mol. The third kappa shape index (κ3) is 6.38. The van der Waals surface area contributed by atoms with Crippen molar-refractivity contribution in [3.63, 3.8) is 0 Å². The quantitative estimate of drug-likeness (QED) is 0.186. The molecule has 35 heavy (non-hydrogen) atoms. The highest BCUT2D eigenvalue weighted by molar-refractivity contribution is 5.74. The molecule has 0 spiro atoms. The van der Waals surface area contributed by atoms with Gasteiger partial charge in [0, 0.05) is 19.1 Å². The summed E-state index contributed by atoms with van der Waals surface area (Å²) in [6.07, 6.45) is 0. The Labute approximate surface area is 201 Å². The summed E-state index contributed by atoms with van der Waals surface area (Å²) in [6, 6.07) is 21.2. The molecule has 0 fully saturated rings. The minimum Gasteiger partial charge on any atom is -0.497 e. The summed E-state index contributed by atoms with van der Waals surface area (Å²) < 4.78 is 42.9. The number of non-ortho nitro benzene ring substituents is 1. The fraction of sp³-hybridized carbons (Fsp3) is 0.130. The van der Waals surface area contributed by atoms with Gasteiger partial charge >= 0.3 is 5.56 Å². The molecule has 0 N–H and O–H groups in total. The Morgan fingerprint density at radius 2 is 1.51 bits per heavy atom. The monoisotopic (exact) mass is 501 g/mol. The SMILES string of the molecule is COc1ccc(-n2c(C)[n+](Cc3ccc([N+](=O)[O-])cc3)c3ccccc3c2=O)cc1.[O-][Cl+3]([O-])([O-])[O-]. The van der Waals surface area contributed by atoms with Crippen molar-refractivity contribution in [2.75, 3.05) is 7.11 Å². The average Bonchev–Trinajstić information content (AvgIpc) is 2.81. The molecule has 0 amide bonds. The van der Waals surface area contributed by atoms with Gasteiger partial charge in [0.2, 0.25) is 0 Å². The predicted molar refractivity (Wildman–Crippen MR) is 113 cm³/mol. The Morgan fingerprint density at radius 3 is 2.06 bits per heavy atom. The van der Waals surface area contributed by atoms with Gasteiger partial charge < -0.3 is 4.74 Å². The van der Waals surface area contributed by atoms with Gasteiger partial charge in [-0.25, -0.2) is 28.0 Å². The zero-order valence-electron chi connectivity index (χ0n) is 18.6. The summed E-state index contributed by atoms with van der Waals surface area (Å²) in [4.78, 5) is 23.8. The van der Waals surface area contributed by atoms with Crippen LogP contribution < -0.4 is 33.5 Å². The van der Waals surface area contributed by atoms with Gasteiger partial charge in [-0.2, -0.15) is 4.57 Å². The van der Waals surface area contributed by atoms with Crippen LogP contribution in [0.15, 0.2) is 77.6 Å². The van der Waals surface area contributed by atoms with Crippen molar-refractivity contribution in [2.24, 2.45) is 0 Å². The second-order valence-corrected chi connectivity index (χ2v) is 8.05. The van der Waals surface area contributed by atoms with E-state index in [2.05, 4.69) is 0 Å². The number of halogens is 1. The van der Waals surface area contributed by atoms with E-state index in [1.54, 1.807) is 23.8 Å². The van der Waals surface area contributed by atoms with Crippen LogP contribution in [0.25, 0.3) is 16.6 Å². The lowest BCUT2D eigenvalue weighted by atomic mass is 10.1.